The molecular formula is C17H28IN3O. The van der Waals surface area contributed by atoms with Crippen molar-refractivity contribution in [3.8, 4) is 5.75 Å². The molecule has 124 valence electrons. The molecule has 0 atom stereocenters. The number of ether oxygens (including phenoxy) is 1. The molecule has 5 heteroatoms. The smallest absolute Gasteiger partial charge is 0.193 e. The summed E-state index contributed by atoms with van der Waals surface area (Å²) < 4.78 is 5.18. The van der Waals surface area contributed by atoms with E-state index in [9.17, 15) is 0 Å². The number of aliphatic imine (C=N–C) groups is 1. The molecule has 0 unspecified atom stereocenters. The fraction of sp³-hybridized carbons (Fsp3) is 0.588. The van der Waals surface area contributed by atoms with Crippen molar-refractivity contribution in [2.45, 2.75) is 26.2 Å². The van der Waals surface area contributed by atoms with Gasteiger partial charge in [-0.2, -0.15) is 0 Å². The molecule has 0 bridgehead atoms. The number of nitrogens with zero attached hydrogens (tertiary/aromatic N) is 2. The second-order valence-electron chi connectivity index (χ2n) is 5.74. The number of piperidine rings is 1. The maximum absolute atomic E-state index is 5.18. The normalized spacial score (nSPS) is 16.1. The van der Waals surface area contributed by atoms with Crippen LogP contribution >= 0.6 is 24.0 Å². The van der Waals surface area contributed by atoms with E-state index >= 15 is 0 Å². The van der Waals surface area contributed by atoms with Crippen molar-refractivity contribution in [3.63, 3.8) is 0 Å². The average Bonchev–Trinajstić information content (AvgIpc) is 2.53. The second kappa shape index (κ2) is 9.92. The maximum Gasteiger partial charge on any atom is 0.193 e. The first kappa shape index (κ1) is 19.1. The Morgan fingerprint density at radius 3 is 2.45 bits per heavy atom. The van der Waals surface area contributed by atoms with E-state index in [1.165, 1.54) is 18.4 Å². The molecule has 2 rings (SSSR count). The third kappa shape index (κ3) is 5.66. The number of benzene rings is 1. The topological polar surface area (TPSA) is 36.9 Å². The van der Waals surface area contributed by atoms with Crippen LogP contribution in [0, 0.1) is 5.92 Å². The highest BCUT2D eigenvalue weighted by Crippen LogP contribution is 2.16. The van der Waals surface area contributed by atoms with Gasteiger partial charge >= 0.3 is 0 Å². The Morgan fingerprint density at radius 1 is 1.27 bits per heavy atom. The van der Waals surface area contributed by atoms with Crippen molar-refractivity contribution in [2.75, 3.05) is 33.8 Å². The minimum atomic E-state index is 0. The van der Waals surface area contributed by atoms with Gasteiger partial charge in [0, 0.05) is 26.7 Å². The van der Waals surface area contributed by atoms with Crippen LogP contribution in [-0.4, -0.2) is 44.7 Å². The molecule has 1 aliphatic rings. The van der Waals surface area contributed by atoms with Crippen molar-refractivity contribution in [2.24, 2.45) is 10.9 Å². The van der Waals surface area contributed by atoms with Gasteiger partial charge in [-0.15, -0.1) is 24.0 Å². The molecule has 4 nitrogen and oxygen atoms in total. The van der Waals surface area contributed by atoms with E-state index in [0.717, 1.165) is 43.7 Å². The van der Waals surface area contributed by atoms with Gasteiger partial charge in [0.15, 0.2) is 5.96 Å². The molecule has 22 heavy (non-hydrogen) atoms. The Morgan fingerprint density at radius 2 is 1.91 bits per heavy atom. The molecule has 0 saturated carbocycles. The summed E-state index contributed by atoms with van der Waals surface area (Å²) in [6, 6.07) is 8.25. The number of guanidine groups is 1. The molecule has 1 aromatic carbocycles. The summed E-state index contributed by atoms with van der Waals surface area (Å²) in [7, 11) is 3.56. The number of hydrogen-bond acceptors (Lipinski definition) is 2. The van der Waals surface area contributed by atoms with Gasteiger partial charge in [0.2, 0.25) is 0 Å². The predicted octanol–water partition coefficient (Wildman–Crippen LogP) is 3.16. The minimum Gasteiger partial charge on any atom is -0.497 e. The first-order chi connectivity index (χ1) is 10.2. The third-order valence-corrected chi connectivity index (χ3v) is 4.15. The van der Waals surface area contributed by atoms with Gasteiger partial charge in [0.05, 0.1) is 7.11 Å². The molecule has 1 N–H and O–H groups in total. The number of nitrogens with one attached hydrogen (secondary N) is 1. The minimum absolute atomic E-state index is 0. The lowest BCUT2D eigenvalue weighted by molar-refractivity contribution is 0.273. The van der Waals surface area contributed by atoms with Crippen molar-refractivity contribution in [3.05, 3.63) is 29.8 Å². The largest absolute Gasteiger partial charge is 0.497 e. The lowest BCUT2D eigenvalue weighted by Gasteiger charge is -2.32. The summed E-state index contributed by atoms with van der Waals surface area (Å²) in [5.41, 5.74) is 1.31. The summed E-state index contributed by atoms with van der Waals surface area (Å²) in [5.74, 6) is 2.79. The standard InChI is InChI=1S/C17H27N3O.HI/c1-14-9-12-20(13-10-14)17(18-2)19-11-8-15-4-6-16(21-3)7-5-15;/h4-7,14H,8-13H2,1-3H3,(H,18,19);1H. The Hall–Kier alpha value is -0.980. The molecule has 0 radical (unpaired) electrons. The Bertz CT molecular complexity index is 453. The van der Waals surface area contributed by atoms with E-state index in [1.807, 2.05) is 19.2 Å². The maximum atomic E-state index is 5.18. The SMILES string of the molecule is CN=C(NCCc1ccc(OC)cc1)N1CCC(C)CC1.I. The van der Waals surface area contributed by atoms with Crippen molar-refractivity contribution >= 4 is 29.9 Å². The molecule has 0 amide bonds. The molecule has 1 heterocycles. The quantitative estimate of drug-likeness (QED) is 0.465. The molecule has 1 aliphatic heterocycles. The second-order valence-corrected chi connectivity index (χ2v) is 5.74. The van der Waals surface area contributed by atoms with Crippen LogP contribution in [0.15, 0.2) is 29.3 Å². The molecule has 1 saturated heterocycles. The van der Waals surface area contributed by atoms with Crippen LogP contribution < -0.4 is 10.1 Å². The zero-order valence-electron chi connectivity index (χ0n) is 13.8. The van der Waals surface area contributed by atoms with Gasteiger partial charge in [-0.3, -0.25) is 4.99 Å². The Kier molecular flexibility index (Phi) is 8.60. The first-order valence-electron chi connectivity index (χ1n) is 7.81. The van der Waals surface area contributed by atoms with E-state index < -0.39 is 0 Å². The van der Waals surface area contributed by atoms with Gasteiger partial charge in [0.1, 0.15) is 5.75 Å². The zero-order valence-corrected chi connectivity index (χ0v) is 16.2. The van der Waals surface area contributed by atoms with Crippen LogP contribution in [0.4, 0.5) is 0 Å². The number of halogens is 1. The fourth-order valence-electron chi connectivity index (χ4n) is 2.66. The van der Waals surface area contributed by atoms with Gasteiger partial charge in [-0.05, 0) is 42.9 Å². The summed E-state index contributed by atoms with van der Waals surface area (Å²) >= 11 is 0. The van der Waals surface area contributed by atoms with Crippen LogP contribution in [0.1, 0.15) is 25.3 Å². The van der Waals surface area contributed by atoms with Crippen LogP contribution in [-0.2, 0) is 6.42 Å². The first-order valence-corrected chi connectivity index (χ1v) is 7.81. The fourth-order valence-corrected chi connectivity index (χ4v) is 2.66. The lowest BCUT2D eigenvalue weighted by Crippen LogP contribution is -2.45. The van der Waals surface area contributed by atoms with Gasteiger partial charge < -0.3 is 15.0 Å². The van der Waals surface area contributed by atoms with E-state index in [-0.39, 0.29) is 24.0 Å². The number of methoxy groups -OCH3 is 1. The molecule has 0 spiro atoms. The molecule has 1 aromatic rings. The zero-order chi connectivity index (χ0) is 15.1. The molecule has 0 aliphatic carbocycles. The highest BCUT2D eigenvalue weighted by Gasteiger charge is 2.18. The Balaban J connectivity index is 0.00000242. The molecular weight excluding hydrogens is 389 g/mol. The highest BCUT2D eigenvalue weighted by atomic mass is 127. The highest BCUT2D eigenvalue weighted by molar-refractivity contribution is 14.0. The van der Waals surface area contributed by atoms with E-state index in [2.05, 4.69) is 34.3 Å². The summed E-state index contributed by atoms with van der Waals surface area (Å²) in [4.78, 5) is 6.78. The number of rotatable bonds is 4. The van der Waals surface area contributed by atoms with Gasteiger partial charge in [-0.25, -0.2) is 0 Å². The van der Waals surface area contributed by atoms with E-state index in [0.29, 0.717) is 0 Å². The lowest BCUT2D eigenvalue weighted by atomic mass is 10.00. The van der Waals surface area contributed by atoms with Crippen LogP contribution in [0.2, 0.25) is 0 Å². The van der Waals surface area contributed by atoms with E-state index in [1.54, 1.807) is 7.11 Å². The third-order valence-electron chi connectivity index (χ3n) is 4.15. The number of hydrogen-bond donors (Lipinski definition) is 1. The van der Waals surface area contributed by atoms with Crippen molar-refractivity contribution in [1.82, 2.24) is 10.2 Å². The predicted molar refractivity (Wildman–Crippen MR) is 103 cm³/mol. The van der Waals surface area contributed by atoms with Crippen molar-refractivity contribution < 1.29 is 4.74 Å². The average molecular weight is 417 g/mol. The summed E-state index contributed by atoms with van der Waals surface area (Å²) in [6.45, 7) is 5.47. The van der Waals surface area contributed by atoms with Gasteiger partial charge in [-0.1, -0.05) is 19.1 Å². The molecule has 0 aromatic heterocycles. The van der Waals surface area contributed by atoms with E-state index in [4.69, 9.17) is 4.74 Å². The van der Waals surface area contributed by atoms with Crippen LogP contribution in [0.5, 0.6) is 5.75 Å². The van der Waals surface area contributed by atoms with Crippen molar-refractivity contribution in [1.29, 1.82) is 0 Å². The summed E-state index contributed by atoms with van der Waals surface area (Å²) in [6.07, 6.45) is 3.52. The molecule has 1 fully saturated rings. The van der Waals surface area contributed by atoms with Crippen LogP contribution in [0.25, 0.3) is 0 Å². The summed E-state index contributed by atoms with van der Waals surface area (Å²) in [5, 5.41) is 3.48. The van der Waals surface area contributed by atoms with Gasteiger partial charge in [0.25, 0.3) is 0 Å². The van der Waals surface area contributed by atoms with Crippen LogP contribution in [0.3, 0.4) is 0 Å². The number of likely N-dealkylation sites (tertiary alicyclic amines) is 1. The monoisotopic (exact) mass is 417 g/mol. The Labute approximate surface area is 151 Å².